The van der Waals surface area contributed by atoms with Gasteiger partial charge in [-0.25, -0.2) is 0 Å². The van der Waals surface area contributed by atoms with Gasteiger partial charge in [-0.1, -0.05) is 42.5 Å². The van der Waals surface area contributed by atoms with Crippen LogP contribution in [0, 0.1) is 11.3 Å². The predicted molar refractivity (Wildman–Crippen MR) is 121 cm³/mol. The van der Waals surface area contributed by atoms with Crippen molar-refractivity contribution in [1.29, 1.82) is 0 Å². The zero-order valence-corrected chi connectivity index (χ0v) is 18.4. The first-order chi connectivity index (χ1) is 15.2. The minimum Gasteiger partial charge on any atom is -0.496 e. The number of para-hydroxylation sites is 1. The zero-order valence-electron chi connectivity index (χ0n) is 18.4. The van der Waals surface area contributed by atoms with E-state index in [1.807, 2.05) is 18.2 Å². The number of methoxy groups -OCH3 is 1. The monoisotopic (exact) mass is 423 g/mol. The van der Waals surface area contributed by atoms with Crippen molar-refractivity contribution in [3.63, 3.8) is 0 Å². The Morgan fingerprint density at radius 2 is 1.77 bits per heavy atom. The Hall–Kier alpha value is -2.37. The van der Waals surface area contributed by atoms with E-state index in [0.29, 0.717) is 19.1 Å². The van der Waals surface area contributed by atoms with Gasteiger partial charge in [0, 0.05) is 38.5 Å². The number of amides is 1. The molecule has 166 valence electrons. The molecule has 2 saturated heterocycles. The Labute approximate surface area is 185 Å². The summed E-state index contributed by atoms with van der Waals surface area (Å²) in [6.45, 7) is 3.62. The lowest BCUT2D eigenvalue weighted by Crippen LogP contribution is -2.47. The van der Waals surface area contributed by atoms with E-state index < -0.39 is 5.41 Å². The molecular formula is C26H33NO4. The Morgan fingerprint density at radius 1 is 1.03 bits per heavy atom. The van der Waals surface area contributed by atoms with Gasteiger partial charge in [0.1, 0.15) is 5.75 Å². The maximum absolute atomic E-state index is 13.4. The van der Waals surface area contributed by atoms with Crippen LogP contribution in [0.15, 0.2) is 48.5 Å². The number of rotatable bonds is 7. The van der Waals surface area contributed by atoms with E-state index in [1.165, 1.54) is 5.56 Å². The Kier molecular flexibility index (Phi) is 7.25. The fraction of sp³-hybridized carbons (Fsp3) is 0.500. The van der Waals surface area contributed by atoms with Crippen LogP contribution >= 0.6 is 0 Å². The predicted octanol–water partition coefficient (Wildman–Crippen LogP) is 4.24. The van der Waals surface area contributed by atoms with Gasteiger partial charge in [0.2, 0.25) is 5.91 Å². The summed E-state index contributed by atoms with van der Waals surface area (Å²) in [5.74, 6) is 1.54. The van der Waals surface area contributed by atoms with Crippen molar-refractivity contribution >= 4 is 5.91 Å². The van der Waals surface area contributed by atoms with Crippen LogP contribution in [0.2, 0.25) is 0 Å². The number of hydrogen-bond acceptors (Lipinski definition) is 4. The fourth-order valence-corrected chi connectivity index (χ4v) is 4.74. The Bertz CT molecular complexity index is 869. The van der Waals surface area contributed by atoms with Crippen LogP contribution in [0.4, 0.5) is 0 Å². The number of nitrogens with one attached hydrogen (secondary N) is 1. The third-order valence-electron chi connectivity index (χ3n) is 6.71. The standard InChI is InChI=1S/C26H33NO4/c1-29-24-8-3-2-7-23(24)22-6-4-5-21(17-22)18-26(11-15-31-16-12-26)25(28)27-19-20-9-13-30-14-10-20/h2-8,17,20H,9-16,18-19H2,1H3,(H,27,28). The number of benzene rings is 2. The van der Waals surface area contributed by atoms with Crippen molar-refractivity contribution in [3.05, 3.63) is 54.1 Å². The lowest BCUT2D eigenvalue weighted by Gasteiger charge is -2.36. The van der Waals surface area contributed by atoms with Gasteiger partial charge in [0.05, 0.1) is 12.5 Å². The first-order valence-corrected chi connectivity index (χ1v) is 11.4. The molecule has 0 bridgehead atoms. The number of carbonyl (C=O) groups is 1. The van der Waals surface area contributed by atoms with Gasteiger partial charge in [-0.15, -0.1) is 0 Å². The van der Waals surface area contributed by atoms with Gasteiger partial charge in [-0.2, -0.15) is 0 Å². The van der Waals surface area contributed by atoms with Crippen molar-refractivity contribution in [3.8, 4) is 16.9 Å². The van der Waals surface area contributed by atoms with Crippen LogP contribution in [0.5, 0.6) is 5.75 Å². The van der Waals surface area contributed by atoms with Crippen molar-refractivity contribution in [2.24, 2.45) is 11.3 Å². The molecule has 0 aromatic heterocycles. The molecule has 1 amide bonds. The van der Waals surface area contributed by atoms with Crippen LogP contribution in [0.25, 0.3) is 11.1 Å². The lowest BCUT2D eigenvalue weighted by atomic mass is 9.74. The van der Waals surface area contributed by atoms with Gasteiger partial charge >= 0.3 is 0 Å². The molecule has 0 unspecified atom stereocenters. The molecule has 0 saturated carbocycles. The average Bonchev–Trinajstić information content (AvgIpc) is 2.84. The maximum Gasteiger partial charge on any atom is 0.226 e. The first-order valence-electron chi connectivity index (χ1n) is 11.4. The average molecular weight is 424 g/mol. The van der Waals surface area contributed by atoms with E-state index in [1.54, 1.807) is 7.11 Å². The zero-order chi connectivity index (χ0) is 21.5. The Balaban J connectivity index is 1.51. The molecule has 0 radical (unpaired) electrons. The highest BCUT2D eigenvalue weighted by atomic mass is 16.5. The summed E-state index contributed by atoms with van der Waals surface area (Å²) in [6.07, 6.45) is 4.28. The van der Waals surface area contributed by atoms with E-state index in [-0.39, 0.29) is 5.91 Å². The molecule has 5 nitrogen and oxygen atoms in total. The second-order valence-corrected chi connectivity index (χ2v) is 8.74. The molecule has 2 aromatic carbocycles. The summed E-state index contributed by atoms with van der Waals surface area (Å²) in [4.78, 5) is 13.4. The molecule has 2 aromatic rings. The summed E-state index contributed by atoms with van der Waals surface area (Å²) in [6, 6.07) is 16.5. The highest BCUT2D eigenvalue weighted by Crippen LogP contribution is 2.37. The molecule has 5 heteroatoms. The molecule has 2 aliphatic heterocycles. The molecule has 2 heterocycles. The third kappa shape index (κ3) is 5.28. The van der Waals surface area contributed by atoms with Crippen LogP contribution in [0.1, 0.15) is 31.2 Å². The molecule has 0 aliphatic carbocycles. The van der Waals surface area contributed by atoms with Crippen LogP contribution in [0.3, 0.4) is 0 Å². The first kappa shape index (κ1) is 21.8. The smallest absolute Gasteiger partial charge is 0.226 e. The molecule has 0 spiro atoms. The largest absolute Gasteiger partial charge is 0.496 e. The van der Waals surface area contributed by atoms with Crippen LogP contribution < -0.4 is 10.1 Å². The SMILES string of the molecule is COc1ccccc1-c1cccc(CC2(C(=O)NCC3CCOCC3)CCOCC2)c1. The second kappa shape index (κ2) is 10.3. The van der Waals surface area contributed by atoms with E-state index in [4.69, 9.17) is 14.2 Å². The molecule has 2 fully saturated rings. The molecule has 2 aliphatic rings. The van der Waals surface area contributed by atoms with Gasteiger partial charge in [-0.05, 0) is 55.2 Å². The highest BCUT2D eigenvalue weighted by molar-refractivity contribution is 5.83. The summed E-state index contributed by atoms with van der Waals surface area (Å²) in [5, 5.41) is 3.28. The van der Waals surface area contributed by atoms with Crippen LogP contribution in [-0.4, -0.2) is 46.0 Å². The number of ether oxygens (including phenoxy) is 3. The lowest BCUT2D eigenvalue weighted by molar-refractivity contribution is -0.137. The van der Waals surface area contributed by atoms with Gasteiger partial charge in [-0.3, -0.25) is 4.79 Å². The molecular weight excluding hydrogens is 390 g/mol. The van der Waals surface area contributed by atoms with Gasteiger partial charge in [0.15, 0.2) is 0 Å². The minimum atomic E-state index is -0.414. The Morgan fingerprint density at radius 3 is 2.55 bits per heavy atom. The summed E-state index contributed by atoms with van der Waals surface area (Å²) in [7, 11) is 1.70. The summed E-state index contributed by atoms with van der Waals surface area (Å²) >= 11 is 0. The van der Waals surface area contributed by atoms with E-state index >= 15 is 0 Å². The highest BCUT2D eigenvalue weighted by Gasteiger charge is 2.40. The number of carbonyl (C=O) groups excluding carboxylic acids is 1. The van der Waals surface area contributed by atoms with Crippen LogP contribution in [-0.2, 0) is 20.7 Å². The normalized spacial score (nSPS) is 19.0. The van der Waals surface area contributed by atoms with E-state index in [9.17, 15) is 4.79 Å². The molecule has 0 atom stereocenters. The van der Waals surface area contributed by atoms with E-state index in [0.717, 1.165) is 68.7 Å². The van der Waals surface area contributed by atoms with Crippen molar-refractivity contribution < 1.29 is 19.0 Å². The van der Waals surface area contributed by atoms with Crippen molar-refractivity contribution in [2.75, 3.05) is 40.1 Å². The second-order valence-electron chi connectivity index (χ2n) is 8.74. The number of hydrogen-bond donors (Lipinski definition) is 1. The quantitative estimate of drug-likeness (QED) is 0.724. The van der Waals surface area contributed by atoms with Gasteiger partial charge in [0.25, 0.3) is 0 Å². The summed E-state index contributed by atoms with van der Waals surface area (Å²) < 4.78 is 16.6. The summed E-state index contributed by atoms with van der Waals surface area (Å²) in [5.41, 5.74) is 2.94. The van der Waals surface area contributed by atoms with Crippen molar-refractivity contribution in [2.45, 2.75) is 32.1 Å². The van der Waals surface area contributed by atoms with Gasteiger partial charge < -0.3 is 19.5 Å². The minimum absolute atomic E-state index is 0.171. The topological polar surface area (TPSA) is 56.8 Å². The van der Waals surface area contributed by atoms with Crippen molar-refractivity contribution in [1.82, 2.24) is 5.32 Å². The van der Waals surface area contributed by atoms with E-state index in [2.05, 4.69) is 35.6 Å². The fourth-order valence-electron chi connectivity index (χ4n) is 4.74. The molecule has 31 heavy (non-hydrogen) atoms. The maximum atomic E-state index is 13.4. The third-order valence-corrected chi connectivity index (χ3v) is 6.71. The molecule has 1 N–H and O–H groups in total. The molecule has 4 rings (SSSR count).